The van der Waals surface area contributed by atoms with Crippen LogP contribution in [0.2, 0.25) is 0 Å². The van der Waals surface area contributed by atoms with E-state index in [9.17, 15) is 4.79 Å². The Labute approximate surface area is 222 Å². The van der Waals surface area contributed by atoms with Crippen LogP contribution >= 0.6 is 0 Å². The van der Waals surface area contributed by atoms with E-state index in [1.54, 1.807) is 5.57 Å². The van der Waals surface area contributed by atoms with Gasteiger partial charge in [-0.15, -0.1) is 0 Å². The first-order chi connectivity index (χ1) is 18.0. The number of rotatable bonds is 6. The van der Waals surface area contributed by atoms with Crippen molar-refractivity contribution >= 4 is 17.3 Å². The molecule has 1 saturated heterocycles. The lowest BCUT2D eigenvalue weighted by atomic mass is 9.46. The van der Waals surface area contributed by atoms with Gasteiger partial charge in [0.1, 0.15) is 0 Å². The first-order valence-electron chi connectivity index (χ1n) is 14.8. The number of likely N-dealkylation sites (tertiary alicyclic amines) is 1. The maximum Gasteiger partial charge on any atom is 0.335 e. The molecular weight excluding hydrogens is 458 g/mol. The molecule has 1 aliphatic heterocycles. The third-order valence-electron chi connectivity index (χ3n) is 10.8. The van der Waals surface area contributed by atoms with Gasteiger partial charge in [0.05, 0.1) is 5.71 Å². The molecule has 0 spiro atoms. The maximum atomic E-state index is 12.3. The predicted octanol–water partition coefficient (Wildman–Crippen LogP) is 6.81. The molecule has 0 bridgehead atoms. The van der Waals surface area contributed by atoms with Crippen molar-refractivity contribution in [3.63, 3.8) is 0 Å². The van der Waals surface area contributed by atoms with Crippen LogP contribution in [0.25, 0.3) is 5.57 Å². The van der Waals surface area contributed by atoms with Crippen LogP contribution in [0.1, 0.15) is 90.0 Å². The molecule has 37 heavy (non-hydrogen) atoms. The first kappa shape index (κ1) is 25.0. The Balaban J connectivity index is 1.10. The Morgan fingerprint density at radius 3 is 2.81 bits per heavy atom. The van der Waals surface area contributed by atoms with Crippen LogP contribution < -0.4 is 0 Å². The minimum atomic E-state index is -0.188. The molecule has 5 heteroatoms. The van der Waals surface area contributed by atoms with Crippen LogP contribution in [0, 0.1) is 28.6 Å². The average molecular weight is 502 g/mol. The van der Waals surface area contributed by atoms with Gasteiger partial charge in [-0.05, 0) is 136 Å². The van der Waals surface area contributed by atoms with Gasteiger partial charge in [-0.1, -0.05) is 36.7 Å². The zero-order valence-corrected chi connectivity index (χ0v) is 22.8. The van der Waals surface area contributed by atoms with E-state index in [0.717, 1.165) is 55.7 Å². The predicted molar refractivity (Wildman–Crippen MR) is 148 cm³/mol. The molecule has 198 valence electrons. The van der Waals surface area contributed by atoms with E-state index in [4.69, 9.17) is 4.84 Å². The fourth-order valence-corrected chi connectivity index (χ4v) is 8.79. The van der Waals surface area contributed by atoms with E-state index in [0.29, 0.717) is 6.42 Å². The Kier molecular flexibility index (Phi) is 6.85. The summed E-state index contributed by atoms with van der Waals surface area (Å²) in [6.07, 6.45) is 20.9. The SMILES string of the molecule is C[C@]12CCC(=NOC(=O)CCCN3CCCC3)C=C1CC[C@H]1[C@@H]2CC[C@]2(C)C(c3cccnc3)=CC[C@@H]12. The first-order valence-corrected chi connectivity index (χ1v) is 14.8. The summed E-state index contributed by atoms with van der Waals surface area (Å²) >= 11 is 0. The second-order valence-corrected chi connectivity index (χ2v) is 12.8. The molecule has 4 aliphatic carbocycles. The van der Waals surface area contributed by atoms with Crippen LogP contribution in [0.15, 0.2) is 47.4 Å². The highest BCUT2D eigenvalue weighted by Crippen LogP contribution is 2.66. The number of carbonyl (C=O) groups is 1. The lowest BCUT2D eigenvalue weighted by Gasteiger charge is -2.58. The fourth-order valence-electron chi connectivity index (χ4n) is 8.79. The molecule has 5 aliphatic rings. The van der Waals surface area contributed by atoms with E-state index in [-0.39, 0.29) is 16.8 Å². The van der Waals surface area contributed by atoms with Gasteiger partial charge in [0, 0.05) is 18.8 Å². The summed E-state index contributed by atoms with van der Waals surface area (Å²) in [5.41, 5.74) is 5.88. The summed E-state index contributed by atoms with van der Waals surface area (Å²) in [6, 6.07) is 4.31. The van der Waals surface area contributed by atoms with Gasteiger partial charge in [0.15, 0.2) is 0 Å². The molecule has 5 nitrogen and oxygen atoms in total. The maximum absolute atomic E-state index is 12.3. The van der Waals surface area contributed by atoms with Crippen molar-refractivity contribution in [2.24, 2.45) is 33.7 Å². The van der Waals surface area contributed by atoms with Crippen molar-refractivity contribution < 1.29 is 9.63 Å². The van der Waals surface area contributed by atoms with Gasteiger partial charge in [-0.2, -0.15) is 0 Å². The zero-order valence-electron chi connectivity index (χ0n) is 22.8. The number of oxime groups is 1. The summed E-state index contributed by atoms with van der Waals surface area (Å²) in [4.78, 5) is 24.5. The second kappa shape index (κ2) is 10.1. The molecule has 5 atom stereocenters. The van der Waals surface area contributed by atoms with Crippen molar-refractivity contribution in [3.05, 3.63) is 47.8 Å². The number of aromatic nitrogens is 1. The molecule has 0 unspecified atom stereocenters. The second-order valence-electron chi connectivity index (χ2n) is 12.8. The number of hydrogen-bond donors (Lipinski definition) is 0. The topological polar surface area (TPSA) is 54.8 Å². The van der Waals surface area contributed by atoms with Gasteiger partial charge < -0.3 is 9.74 Å². The van der Waals surface area contributed by atoms with Gasteiger partial charge in [-0.25, -0.2) is 4.79 Å². The third-order valence-corrected chi connectivity index (χ3v) is 10.8. The van der Waals surface area contributed by atoms with Crippen LogP contribution in [0.3, 0.4) is 0 Å². The van der Waals surface area contributed by atoms with Gasteiger partial charge in [-0.3, -0.25) is 4.98 Å². The van der Waals surface area contributed by atoms with Gasteiger partial charge in [0.25, 0.3) is 0 Å². The standard InChI is InChI=1S/C32H43N3O2/c1-31-15-13-25(34-37-30(36)8-6-20-35-18-3-4-19-35)21-24(31)9-10-26-28-12-11-27(23-7-5-17-33-22-23)32(28,2)16-14-29(26)31/h5,7,11,17,21-22,26,28-29H,3-4,6,8-10,12-16,18-20H2,1-2H3/t26-,28+,29+,31+,32-/m1/s1. The number of carbonyl (C=O) groups excluding carboxylic acids is 1. The molecule has 2 saturated carbocycles. The minimum absolute atomic E-state index is 0.188. The lowest BCUT2D eigenvalue weighted by molar-refractivity contribution is -0.143. The fraction of sp³-hybridized carbons (Fsp3) is 0.656. The Hall–Kier alpha value is -2.27. The normalized spacial score (nSPS) is 36.4. The molecule has 2 heterocycles. The lowest BCUT2D eigenvalue weighted by Crippen LogP contribution is -2.49. The number of pyridine rings is 1. The third kappa shape index (κ3) is 4.62. The smallest absolute Gasteiger partial charge is 0.318 e. The summed E-state index contributed by atoms with van der Waals surface area (Å²) in [5.74, 6) is 2.06. The number of fused-ring (bicyclic) bond motifs is 5. The zero-order chi connectivity index (χ0) is 25.5. The Bertz CT molecular complexity index is 1100. The van der Waals surface area contributed by atoms with E-state index in [1.165, 1.54) is 62.8 Å². The Morgan fingerprint density at radius 2 is 2.00 bits per heavy atom. The van der Waals surface area contributed by atoms with Crippen molar-refractivity contribution in [2.75, 3.05) is 19.6 Å². The van der Waals surface area contributed by atoms with Gasteiger partial charge >= 0.3 is 5.97 Å². The van der Waals surface area contributed by atoms with E-state index >= 15 is 0 Å². The molecule has 0 radical (unpaired) electrons. The molecule has 3 fully saturated rings. The van der Waals surface area contributed by atoms with E-state index in [1.807, 2.05) is 6.20 Å². The average Bonchev–Trinajstić information content (AvgIpc) is 3.55. The molecule has 0 amide bonds. The van der Waals surface area contributed by atoms with Crippen LogP contribution in [-0.4, -0.2) is 41.2 Å². The highest BCUT2D eigenvalue weighted by atomic mass is 16.7. The summed E-state index contributed by atoms with van der Waals surface area (Å²) in [6.45, 7) is 8.39. The number of nitrogens with zero attached hydrogens (tertiary/aromatic N) is 3. The van der Waals surface area contributed by atoms with Crippen molar-refractivity contribution in [1.82, 2.24) is 9.88 Å². The summed E-state index contributed by atoms with van der Waals surface area (Å²) in [5, 5.41) is 4.33. The van der Waals surface area contributed by atoms with E-state index in [2.05, 4.69) is 59.4 Å². The molecular formula is C32H43N3O2. The monoisotopic (exact) mass is 501 g/mol. The van der Waals surface area contributed by atoms with Gasteiger partial charge in [0.2, 0.25) is 0 Å². The molecule has 6 rings (SSSR count). The van der Waals surface area contributed by atoms with Crippen LogP contribution in [-0.2, 0) is 9.63 Å². The largest absolute Gasteiger partial charge is 0.335 e. The van der Waals surface area contributed by atoms with Crippen LogP contribution in [0.5, 0.6) is 0 Å². The minimum Gasteiger partial charge on any atom is -0.318 e. The van der Waals surface area contributed by atoms with Crippen molar-refractivity contribution in [2.45, 2.75) is 84.5 Å². The molecule has 1 aromatic rings. The molecule has 0 aromatic carbocycles. The molecule has 1 aromatic heterocycles. The van der Waals surface area contributed by atoms with Crippen LogP contribution in [0.4, 0.5) is 0 Å². The van der Waals surface area contributed by atoms with Crippen molar-refractivity contribution in [1.29, 1.82) is 0 Å². The van der Waals surface area contributed by atoms with E-state index < -0.39 is 0 Å². The number of allylic oxidation sites excluding steroid dienone is 4. The summed E-state index contributed by atoms with van der Waals surface area (Å²) < 4.78 is 0. The quantitative estimate of drug-likeness (QED) is 0.317. The summed E-state index contributed by atoms with van der Waals surface area (Å²) in [7, 11) is 0. The molecule has 0 N–H and O–H groups in total. The highest BCUT2D eigenvalue weighted by Gasteiger charge is 2.57. The number of hydrogen-bond acceptors (Lipinski definition) is 5. The Morgan fingerprint density at radius 1 is 1.14 bits per heavy atom. The van der Waals surface area contributed by atoms with Crippen molar-refractivity contribution in [3.8, 4) is 0 Å². The highest BCUT2D eigenvalue weighted by molar-refractivity contribution is 5.96.